The minimum Gasteiger partial charge on any atom is -0.350 e. The lowest BCUT2D eigenvalue weighted by molar-refractivity contribution is 0.0943. The third kappa shape index (κ3) is 5.35. The first kappa shape index (κ1) is 17.9. The molecule has 0 spiro atoms. The molecule has 2 rings (SSSR count). The first-order valence-electron chi connectivity index (χ1n) is 7.75. The van der Waals surface area contributed by atoms with Crippen LogP contribution in [0.2, 0.25) is 5.02 Å². The van der Waals surface area contributed by atoms with Crippen molar-refractivity contribution in [2.75, 3.05) is 6.54 Å². The fraction of sp³-hybridized carbons (Fsp3) is 0.278. The molecule has 1 heterocycles. The van der Waals surface area contributed by atoms with E-state index < -0.39 is 0 Å². The monoisotopic (exact) mass is 345 g/mol. The molecule has 0 bridgehead atoms. The summed E-state index contributed by atoms with van der Waals surface area (Å²) in [4.78, 5) is 28.2. The summed E-state index contributed by atoms with van der Waals surface area (Å²) >= 11 is 5.93. The van der Waals surface area contributed by atoms with Crippen molar-refractivity contribution in [3.05, 3.63) is 64.4 Å². The van der Waals surface area contributed by atoms with E-state index in [1.54, 1.807) is 12.1 Å². The van der Waals surface area contributed by atoms with Gasteiger partial charge in [0.1, 0.15) is 5.69 Å². The number of hydrogen-bond acceptors (Lipinski definition) is 3. The van der Waals surface area contributed by atoms with Crippen LogP contribution in [0.1, 0.15) is 40.3 Å². The molecular formula is C18H20ClN3O2. The first-order valence-corrected chi connectivity index (χ1v) is 8.13. The van der Waals surface area contributed by atoms with Gasteiger partial charge in [0.15, 0.2) is 0 Å². The molecule has 0 unspecified atom stereocenters. The van der Waals surface area contributed by atoms with E-state index in [1.807, 2.05) is 32.0 Å². The Balaban J connectivity index is 1.93. The Labute approximate surface area is 146 Å². The molecule has 2 amide bonds. The van der Waals surface area contributed by atoms with Crippen LogP contribution in [0, 0.1) is 0 Å². The lowest BCUT2D eigenvalue weighted by atomic mass is 10.1. The summed E-state index contributed by atoms with van der Waals surface area (Å²) in [6.07, 6.45) is 2.13. The van der Waals surface area contributed by atoms with E-state index in [4.69, 9.17) is 11.6 Å². The molecule has 0 aliphatic rings. The number of amides is 2. The van der Waals surface area contributed by atoms with E-state index in [0.29, 0.717) is 23.6 Å². The second-order valence-electron chi connectivity index (χ2n) is 5.69. The predicted octanol–water partition coefficient (Wildman–Crippen LogP) is 2.85. The van der Waals surface area contributed by atoms with E-state index in [1.165, 1.54) is 12.3 Å². The molecule has 1 aromatic heterocycles. The number of aromatic nitrogens is 1. The summed E-state index contributed by atoms with van der Waals surface area (Å²) in [5.41, 5.74) is 1.68. The lowest BCUT2D eigenvalue weighted by Crippen LogP contribution is -2.31. The summed E-state index contributed by atoms with van der Waals surface area (Å²) in [5.74, 6) is -0.531. The Morgan fingerprint density at radius 3 is 2.67 bits per heavy atom. The fourth-order valence-corrected chi connectivity index (χ4v) is 2.36. The summed E-state index contributed by atoms with van der Waals surface area (Å²) in [7, 11) is 0. The van der Waals surface area contributed by atoms with Crippen molar-refractivity contribution in [2.24, 2.45) is 0 Å². The van der Waals surface area contributed by atoms with Crippen molar-refractivity contribution >= 4 is 23.4 Å². The normalized spacial score (nSPS) is 10.5. The molecule has 0 radical (unpaired) electrons. The van der Waals surface area contributed by atoms with Gasteiger partial charge >= 0.3 is 0 Å². The van der Waals surface area contributed by atoms with E-state index in [9.17, 15) is 9.59 Å². The zero-order valence-corrected chi connectivity index (χ0v) is 14.4. The fourth-order valence-electron chi connectivity index (χ4n) is 2.14. The summed E-state index contributed by atoms with van der Waals surface area (Å²) < 4.78 is 0. The van der Waals surface area contributed by atoms with Gasteiger partial charge in [-0.2, -0.15) is 0 Å². The van der Waals surface area contributed by atoms with Gasteiger partial charge in [-0.1, -0.05) is 23.7 Å². The second kappa shape index (κ2) is 8.45. The van der Waals surface area contributed by atoms with Gasteiger partial charge in [-0.05, 0) is 50.1 Å². The van der Waals surface area contributed by atoms with Gasteiger partial charge in [0, 0.05) is 29.4 Å². The molecule has 0 fully saturated rings. The number of rotatable bonds is 6. The van der Waals surface area contributed by atoms with Crippen molar-refractivity contribution in [3.8, 4) is 0 Å². The molecular weight excluding hydrogens is 326 g/mol. The second-order valence-corrected chi connectivity index (χ2v) is 6.13. The van der Waals surface area contributed by atoms with Gasteiger partial charge in [0.2, 0.25) is 0 Å². The molecule has 24 heavy (non-hydrogen) atoms. The maximum atomic E-state index is 12.2. The molecule has 0 atom stereocenters. The maximum Gasteiger partial charge on any atom is 0.269 e. The van der Waals surface area contributed by atoms with Gasteiger partial charge < -0.3 is 10.6 Å². The highest BCUT2D eigenvalue weighted by Gasteiger charge is 2.12. The van der Waals surface area contributed by atoms with Crippen molar-refractivity contribution < 1.29 is 9.59 Å². The molecule has 6 heteroatoms. The highest BCUT2D eigenvalue weighted by atomic mass is 35.5. The number of pyridine rings is 1. The zero-order chi connectivity index (χ0) is 17.5. The standard InChI is InChI=1S/C18H20ClN3O2/c1-12(2)22-17(23)14-7-9-20-16(11-14)18(24)21-8-6-13-4-3-5-15(19)10-13/h3-5,7,9-12H,6,8H2,1-2H3,(H,21,24)(H,22,23). The molecule has 126 valence electrons. The largest absolute Gasteiger partial charge is 0.350 e. The van der Waals surface area contributed by atoms with E-state index in [0.717, 1.165) is 5.56 Å². The van der Waals surface area contributed by atoms with Crippen LogP contribution in [0.4, 0.5) is 0 Å². The Kier molecular flexibility index (Phi) is 6.32. The molecule has 0 saturated carbocycles. The average molecular weight is 346 g/mol. The zero-order valence-electron chi connectivity index (χ0n) is 13.7. The van der Waals surface area contributed by atoms with Crippen LogP contribution in [-0.2, 0) is 6.42 Å². The number of nitrogens with one attached hydrogen (secondary N) is 2. The predicted molar refractivity (Wildman–Crippen MR) is 94.3 cm³/mol. The Morgan fingerprint density at radius 1 is 1.17 bits per heavy atom. The van der Waals surface area contributed by atoms with Crippen molar-refractivity contribution in [1.29, 1.82) is 0 Å². The summed E-state index contributed by atoms with van der Waals surface area (Å²) in [6, 6.07) is 10.6. The first-order chi connectivity index (χ1) is 11.5. The average Bonchev–Trinajstić information content (AvgIpc) is 2.54. The van der Waals surface area contributed by atoms with Gasteiger partial charge in [0.05, 0.1) is 0 Å². The van der Waals surface area contributed by atoms with Crippen LogP contribution < -0.4 is 10.6 Å². The van der Waals surface area contributed by atoms with E-state index >= 15 is 0 Å². The SMILES string of the molecule is CC(C)NC(=O)c1ccnc(C(=O)NCCc2cccc(Cl)c2)c1. The molecule has 0 aliphatic heterocycles. The van der Waals surface area contributed by atoms with Crippen LogP contribution in [0.5, 0.6) is 0 Å². The summed E-state index contributed by atoms with van der Waals surface area (Å²) in [6.45, 7) is 4.22. The van der Waals surface area contributed by atoms with Gasteiger partial charge in [-0.3, -0.25) is 14.6 Å². The highest BCUT2D eigenvalue weighted by Crippen LogP contribution is 2.10. The summed E-state index contributed by atoms with van der Waals surface area (Å²) in [5, 5.41) is 6.25. The van der Waals surface area contributed by atoms with Gasteiger partial charge in [-0.15, -0.1) is 0 Å². The number of carbonyl (C=O) groups is 2. The van der Waals surface area contributed by atoms with Crippen molar-refractivity contribution in [2.45, 2.75) is 26.3 Å². The Morgan fingerprint density at radius 2 is 1.96 bits per heavy atom. The maximum absolute atomic E-state index is 12.2. The van der Waals surface area contributed by atoms with Crippen LogP contribution in [0.3, 0.4) is 0 Å². The number of carbonyl (C=O) groups excluding carboxylic acids is 2. The molecule has 2 aromatic rings. The molecule has 0 aliphatic carbocycles. The van der Waals surface area contributed by atoms with Crippen LogP contribution in [-0.4, -0.2) is 29.4 Å². The highest BCUT2D eigenvalue weighted by molar-refractivity contribution is 6.30. The number of nitrogens with zero attached hydrogens (tertiary/aromatic N) is 1. The Bertz CT molecular complexity index is 732. The third-order valence-electron chi connectivity index (χ3n) is 3.26. The lowest BCUT2D eigenvalue weighted by Gasteiger charge is -2.09. The van der Waals surface area contributed by atoms with E-state index in [-0.39, 0.29) is 23.6 Å². The van der Waals surface area contributed by atoms with Gasteiger partial charge in [0.25, 0.3) is 11.8 Å². The smallest absolute Gasteiger partial charge is 0.269 e. The van der Waals surface area contributed by atoms with Crippen LogP contribution >= 0.6 is 11.6 Å². The van der Waals surface area contributed by atoms with Gasteiger partial charge in [-0.25, -0.2) is 0 Å². The number of halogens is 1. The molecule has 1 aromatic carbocycles. The van der Waals surface area contributed by atoms with Crippen LogP contribution in [0.15, 0.2) is 42.6 Å². The molecule has 0 saturated heterocycles. The Hall–Kier alpha value is -2.40. The van der Waals surface area contributed by atoms with Crippen LogP contribution in [0.25, 0.3) is 0 Å². The number of benzene rings is 1. The third-order valence-corrected chi connectivity index (χ3v) is 3.50. The van der Waals surface area contributed by atoms with Crippen molar-refractivity contribution in [1.82, 2.24) is 15.6 Å². The minimum atomic E-state index is -0.309. The number of hydrogen-bond donors (Lipinski definition) is 2. The quantitative estimate of drug-likeness (QED) is 0.845. The minimum absolute atomic E-state index is 0.0284. The van der Waals surface area contributed by atoms with E-state index in [2.05, 4.69) is 15.6 Å². The van der Waals surface area contributed by atoms with Crippen molar-refractivity contribution in [3.63, 3.8) is 0 Å². The molecule has 2 N–H and O–H groups in total. The topological polar surface area (TPSA) is 71.1 Å². The molecule has 5 nitrogen and oxygen atoms in total.